The second kappa shape index (κ2) is 5.33. The number of carbonyl (C=O) groups excluding carboxylic acids is 2. The summed E-state index contributed by atoms with van der Waals surface area (Å²) in [4.78, 5) is 25.6. The van der Waals surface area contributed by atoms with Crippen LogP contribution in [0.15, 0.2) is 16.8 Å². The molecule has 2 saturated heterocycles. The minimum absolute atomic E-state index is 0.166. The lowest BCUT2D eigenvalue weighted by Crippen LogP contribution is -2.55. The number of hydrogen-bond acceptors (Lipinski definition) is 3. The molecule has 1 aromatic rings. The number of hydrogen-bond donors (Lipinski definition) is 1. The van der Waals surface area contributed by atoms with E-state index in [4.69, 9.17) is 0 Å². The molecule has 5 heteroatoms. The van der Waals surface area contributed by atoms with Crippen molar-refractivity contribution >= 4 is 23.2 Å². The van der Waals surface area contributed by atoms with Gasteiger partial charge in [-0.15, -0.1) is 0 Å². The summed E-state index contributed by atoms with van der Waals surface area (Å²) in [5.74, 6) is 0.825. The van der Waals surface area contributed by atoms with Crippen LogP contribution in [0.5, 0.6) is 0 Å². The third kappa shape index (κ3) is 2.81. The van der Waals surface area contributed by atoms with E-state index in [1.54, 1.807) is 11.3 Å². The number of fused-ring (bicyclic) bond motifs is 1. The first kappa shape index (κ1) is 12.7. The van der Waals surface area contributed by atoms with Crippen molar-refractivity contribution in [2.45, 2.75) is 31.7 Å². The maximum absolute atomic E-state index is 12.2. The number of carbonyl (C=O) groups is 2. The first-order valence-corrected chi connectivity index (χ1v) is 7.75. The molecule has 2 amide bonds. The molecule has 2 aliphatic heterocycles. The molecule has 2 atom stereocenters. The zero-order chi connectivity index (χ0) is 13.2. The van der Waals surface area contributed by atoms with Crippen molar-refractivity contribution in [1.82, 2.24) is 10.2 Å². The third-order valence-corrected chi connectivity index (χ3v) is 4.84. The Labute approximate surface area is 116 Å². The van der Waals surface area contributed by atoms with Crippen molar-refractivity contribution in [2.24, 2.45) is 5.92 Å². The molecule has 2 aliphatic rings. The van der Waals surface area contributed by atoms with Gasteiger partial charge in [0.25, 0.3) is 0 Å². The second-order valence-electron chi connectivity index (χ2n) is 5.41. The van der Waals surface area contributed by atoms with Crippen molar-refractivity contribution < 1.29 is 9.59 Å². The maximum Gasteiger partial charge on any atom is 0.227 e. The Balaban J connectivity index is 1.58. The SMILES string of the molecule is O=C1CCC2CN(C(=O)Cc3ccsc3)CCC2N1. The molecule has 2 unspecified atom stereocenters. The number of amides is 2. The highest BCUT2D eigenvalue weighted by Crippen LogP contribution is 2.25. The van der Waals surface area contributed by atoms with Gasteiger partial charge in [-0.3, -0.25) is 9.59 Å². The topological polar surface area (TPSA) is 49.4 Å². The van der Waals surface area contributed by atoms with Crippen molar-refractivity contribution in [2.75, 3.05) is 13.1 Å². The fourth-order valence-corrected chi connectivity index (χ4v) is 3.68. The standard InChI is InChI=1S/C14H18N2O2S/c17-13-2-1-11-8-16(5-3-12(11)15-13)14(18)7-10-4-6-19-9-10/h4,6,9,11-12H,1-3,5,7-8H2,(H,15,17). The first-order chi connectivity index (χ1) is 9.22. The Kier molecular flexibility index (Phi) is 3.55. The summed E-state index contributed by atoms with van der Waals surface area (Å²) in [6, 6.07) is 2.29. The lowest BCUT2D eigenvalue weighted by atomic mass is 9.85. The molecule has 3 rings (SSSR count). The van der Waals surface area contributed by atoms with Crippen LogP contribution < -0.4 is 5.32 Å². The van der Waals surface area contributed by atoms with Gasteiger partial charge in [0, 0.05) is 25.6 Å². The van der Waals surface area contributed by atoms with Crippen LogP contribution >= 0.6 is 11.3 Å². The number of piperidine rings is 2. The van der Waals surface area contributed by atoms with Crippen molar-refractivity contribution in [1.29, 1.82) is 0 Å². The molecule has 0 bridgehead atoms. The molecule has 0 saturated carbocycles. The highest BCUT2D eigenvalue weighted by molar-refractivity contribution is 7.07. The molecule has 1 N–H and O–H groups in total. The van der Waals surface area contributed by atoms with E-state index in [-0.39, 0.29) is 17.9 Å². The fraction of sp³-hybridized carbons (Fsp3) is 0.571. The summed E-state index contributed by atoms with van der Waals surface area (Å²) in [5, 5.41) is 7.09. The normalized spacial score (nSPS) is 26.7. The van der Waals surface area contributed by atoms with Crippen LogP contribution in [0.3, 0.4) is 0 Å². The average Bonchev–Trinajstić information content (AvgIpc) is 2.91. The van der Waals surface area contributed by atoms with Gasteiger partial charge in [0.1, 0.15) is 0 Å². The molecule has 0 aromatic carbocycles. The van der Waals surface area contributed by atoms with Crippen LogP contribution in [0.1, 0.15) is 24.8 Å². The number of nitrogens with one attached hydrogen (secondary N) is 1. The molecular weight excluding hydrogens is 260 g/mol. The van der Waals surface area contributed by atoms with E-state index < -0.39 is 0 Å². The molecule has 1 aromatic heterocycles. The van der Waals surface area contributed by atoms with Gasteiger partial charge in [0.05, 0.1) is 6.42 Å². The monoisotopic (exact) mass is 278 g/mol. The van der Waals surface area contributed by atoms with Crippen LogP contribution in [0.4, 0.5) is 0 Å². The van der Waals surface area contributed by atoms with Gasteiger partial charge in [-0.1, -0.05) is 0 Å². The minimum atomic E-state index is 0.166. The number of likely N-dealkylation sites (tertiary alicyclic amines) is 1. The van der Waals surface area contributed by atoms with Gasteiger partial charge >= 0.3 is 0 Å². The highest BCUT2D eigenvalue weighted by atomic mass is 32.1. The molecule has 4 nitrogen and oxygen atoms in total. The Morgan fingerprint density at radius 2 is 2.37 bits per heavy atom. The minimum Gasteiger partial charge on any atom is -0.353 e. The fourth-order valence-electron chi connectivity index (χ4n) is 3.02. The Morgan fingerprint density at radius 1 is 1.47 bits per heavy atom. The van der Waals surface area contributed by atoms with E-state index in [2.05, 4.69) is 5.32 Å². The number of nitrogens with zero attached hydrogens (tertiary/aromatic N) is 1. The molecule has 102 valence electrons. The van der Waals surface area contributed by atoms with Crippen LogP contribution in [-0.4, -0.2) is 35.8 Å². The molecule has 2 fully saturated rings. The van der Waals surface area contributed by atoms with Gasteiger partial charge in [0.15, 0.2) is 0 Å². The van der Waals surface area contributed by atoms with E-state index >= 15 is 0 Å². The molecule has 0 spiro atoms. The van der Waals surface area contributed by atoms with Gasteiger partial charge in [-0.2, -0.15) is 11.3 Å². The first-order valence-electron chi connectivity index (χ1n) is 6.80. The quantitative estimate of drug-likeness (QED) is 0.889. The summed E-state index contributed by atoms with van der Waals surface area (Å²) in [7, 11) is 0. The molecule has 19 heavy (non-hydrogen) atoms. The smallest absolute Gasteiger partial charge is 0.227 e. The van der Waals surface area contributed by atoms with E-state index in [0.717, 1.165) is 31.5 Å². The van der Waals surface area contributed by atoms with E-state index in [1.807, 2.05) is 21.7 Å². The lowest BCUT2D eigenvalue weighted by molar-refractivity contribution is -0.134. The highest BCUT2D eigenvalue weighted by Gasteiger charge is 2.35. The van der Waals surface area contributed by atoms with Crippen LogP contribution in [0.25, 0.3) is 0 Å². The Hall–Kier alpha value is -1.36. The summed E-state index contributed by atoms with van der Waals surface area (Å²) in [6.07, 6.45) is 2.92. The van der Waals surface area contributed by atoms with Gasteiger partial charge < -0.3 is 10.2 Å². The average molecular weight is 278 g/mol. The summed E-state index contributed by atoms with van der Waals surface area (Å²) < 4.78 is 0. The van der Waals surface area contributed by atoms with Gasteiger partial charge in [0.2, 0.25) is 11.8 Å². The van der Waals surface area contributed by atoms with Crippen LogP contribution in [0, 0.1) is 5.92 Å². The summed E-state index contributed by atoms with van der Waals surface area (Å²) in [6.45, 7) is 1.57. The Morgan fingerprint density at radius 3 is 3.16 bits per heavy atom. The van der Waals surface area contributed by atoms with Crippen molar-refractivity contribution in [3.05, 3.63) is 22.4 Å². The van der Waals surface area contributed by atoms with Crippen LogP contribution in [0.2, 0.25) is 0 Å². The lowest BCUT2D eigenvalue weighted by Gasteiger charge is -2.41. The van der Waals surface area contributed by atoms with Crippen molar-refractivity contribution in [3.8, 4) is 0 Å². The van der Waals surface area contributed by atoms with Gasteiger partial charge in [-0.25, -0.2) is 0 Å². The predicted octanol–water partition coefficient (Wildman–Crippen LogP) is 1.42. The molecular formula is C14H18N2O2S. The van der Waals surface area contributed by atoms with Crippen LogP contribution in [-0.2, 0) is 16.0 Å². The number of thiophene rings is 1. The van der Waals surface area contributed by atoms with Crippen molar-refractivity contribution in [3.63, 3.8) is 0 Å². The molecule has 3 heterocycles. The molecule has 0 radical (unpaired) electrons. The summed E-state index contributed by atoms with van der Waals surface area (Å²) >= 11 is 1.63. The zero-order valence-electron chi connectivity index (χ0n) is 10.8. The molecule has 0 aliphatic carbocycles. The Bertz CT molecular complexity index is 472. The third-order valence-electron chi connectivity index (χ3n) is 4.11. The van der Waals surface area contributed by atoms with E-state index in [0.29, 0.717) is 18.8 Å². The predicted molar refractivity (Wildman–Crippen MR) is 73.9 cm³/mol. The van der Waals surface area contributed by atoms with E-state index in [1.165, 1.54) is 0 Å². The zero-order valence-corrected chi connectivity index (χ0v) is 11.6. The van der Waals surface area contributed by atoms with E-state index in [9.17, 15) is 9.59 Å². The maximum atomic E-state index is 12.2. The second-order valence-corrected chi connectivity index (χ2v) is 6.19. The number of rotatable bonds is 2. The van der Waals surface area contributed by atoms with Gasteiger partial charge in [-0.05, 0) is 41.1 Å². The largest absolute Gasteiger partial charge is 0.353 e. The summed E-state index contributed by atoms with van der Waals surface area (Å²) in [5.41, 5.74) is 1.11.